The molecule has 4 N–H and O–H groups in total. The molecule has 244 valence electrons. The summed E-state index contributed by atoms with van der Waals surface area (Å²) in [5, 5.41) is 8.36. The Kier molecular flexibility index (Phi) is 8.03. The molecule has 0 spiro atoms. The predicted molar refractivity (Wildman–Crippen MR) is 175 cm³/mol. The van der Waals surface area contributed by atoms with Crippen LogP contribution in [0.3, 0.4) is 0 Å². The highest BCUT2D eigenvalue weighted by atomic mass is 16.5. The lowest BCUT2D eigenvalue weighted by Crippen LogP contribution is -2.44. The maximum Gasteiger partial charge on any atom is 0.337 e. The van der Waals surface area contributed by atoms with E-state index in [1.807, 2.05) is 35.4 Å². The molecular formula is C33H37N9O5. The highest BCUT2D eigenvalue weighted by Gasteiger charge is 2.30. The molecule has 1 aliphatic rings. The molecule has 0 aliphatic carbocycles. The number of amides is 2. The van der Waals surface area contributed by atoms with E-state index in [1.54, 1.807) is 32.9 Å². The number of likely N-dealkylation sites (tertiary alicyclic amines) is 1. The lowest BCUT2D eigenvalue weighted by atomic mass is 9.92. The Morgan fingerprint density at radius 1 is 1.00 bits per heavy atom. The zero-order valence-corrected chi connectivity index (χ0v) is 26.9. The molecule has 1 saturated heterocycles. The molecule has 1 aromatic carbocycles. The SMILES string of the molecule is Cc1cc(-n2c(=O)c(C(N)=O)c(-c3ccc(-c4cc(C5CCN(C(=O)C(C)C)CC5)n5ncnc(N)c45)cc3)n(C(C)C)c2=O)no1. The molecule has 14 nitrogen and oxygen atoms in total. The Hall–Kier alpha value is -5.53. The van der Waals surface area contributed by atoms with Gasteiger partial charge in [-0.1, -0.05) is 43.3 Å². The van der Waals surface area contributed by atoms with Gasteiger partial charge in [0.1, 0.15) is 23.2 Å². The van der Waals surface area contributed by atoms with E-state index in [2.05, 4.69) is 21.3 Å². The number of primary amides is 1. The second-order valence-electron chi connectivity index (χ2n) is 12.5. The maximum absolute atomic E-state index is 13.8. The van der Waals surface area contributed by atoms with Gasteiger partial charge in [0, 0.05) is 48.3 Å². The molecule has 0 saturated carbocycles. The molecule has 1 fully saturated rings. The largest absolute Gasteiger partial charge is 0.382 e. The van der Waals surface area contributed by atoms with Crippen LogP contribution >= 0.6 is 0 Å². The minimum Gasteiger partial charge on any atom is -0.382 e. The summed E-state index contributed by atoms with van der Waals surface area (Å²) in [7, 11) is 0. The number of rotatable bonds is 7. The summed E-state index contributed by atoms with van der Waals surface area (Å²) in [6.45, 7) is 10.3. The molecule has 1 aliphatic heterocycles. The van der Waals surface area contributed by atoms with E-state index >= 15 is 0 Å². The fourth-order valence-corrected chi connectivity index (χ4v) is 6.44. The summed E-state index contributed by atoms with van der Waals surface area (Å²) in [6, 6.07) is 10.2. The van der Waals surface area contributed by atoms with Crippen molar-refractivity contribution in [1.29, 1.82) is 0 Å². The van der Waals surface area contributed by atoms with Crippen LogP contribution in [0.5, 0.6) is 0 Å². The summed E-state index contributed by atoms with van der Waals surface area (Å²) < 4.78 is 9.07. The van der Waals surface area contributed by atoms with E-state index in [-0.39, 0.29) is 34.8 Å². The molecule has 5 aromatic rings. The van der Waals surface area contributed by atoms with Crippen molar-refractivity contribution in [3.8, 4) is 28.2 Å². The molecule has 0 atom stereocenters. The van der Waals surface area contributed by atoms with Crippen LogP contribution in [0.25, 0.3) is 33.7 Å². The normalized spacial score (nSPS) is 14.1. The monoisotopic (exact) mass is 639 g/mol. The van der Waals surface area contributed by atoms with Crippen LogP contribution in [0.15, 0.2) is 56.8 Å². The van der Waals surface area contributed by atoms with Crippen LogP contribution in [0.4, 0.5) is 5.82 Å². The van der Waals surface area contributed by atoms with Crippen LogP contribution in [0.1, 0.15) is 74.3 Å². The Balaban J connectivity index is 1.44. The molecule has 5 heterocycles. The van der Waals surface area contributed by atoms with Gasteiger partial charge in [-0.25, -0.2) is 18.9 Å². The van der Waals surface area contributed by atoms with Crippen LogP contribution in [-0.2, 0) is 4.79 Å². The first-order valence-corrected chi connectivity index (χ1v) is 15.6. The smallest absolute Gasteiger partial charge is 0.337 e. The zero-order valence-electron chi connectivity index (χ0n) is 26.9. The van der Waals surface area contributed by atoms with Crippen molar-refractivity contribution in [2.45, 2.75) is 59.4 Å². The second-order valence-corrected chi connectivity index (χ2v) is 12.5. The summed E-state index contributed by atoms with van der Waals surface area (Å²) in [4.78, 5) is 58.9. The van der Waals surface area contributed by atoms with Gasteiger partial charge in [-0.05, 0) is 50.8 Å². The molecule has 4 aromatic heterocycles. The predicted octanol–water partition coefficient (Wildman–Crippen LogP) is 3.30. The van der Waals surface area contributed by atoms with Gasteiger partial charge in [0.05, 0.1) is 5.69 Å². The van der Waals surface area contributed by atoms with E-state index < -0.39 is 23.2 Å². The quantitative estimate of drug-likeness (QED) is 0.269. The van der Waals surface area contributed by atoms with Crippen molar-refractivity contribution < 1.29 is 14.1 Å². The number of hydrogen-bond donors (Lipinski definition) is 2. The van der Waals surface area contributed by atoms with Gasteiger partial charge in [-0.15, -0.1) is 0 Å². The van der Waals surface area contributed by atoms with Crippen LogP contribution in [0.2, 0.25) is 0 Å². The summed E-state index contributed by atoms with van der Waals surface area (Å²) >= 11 is 0. The zero-order chi connectivity index (χ0) is 33.7. The van der Waals surface area contributed by atoms with E-state index in [0.29, 0.717) is 35.7 Å². The lowest BCUT2D eigenvalue weighted by Gasteiger charge is -2.33. The number of carbonyl (C=O) groups excluding carboxylic acids is 2. The van der Waals surface area contributed by atoms with Gasteiger partial charge in [0.2, 0.25) is 5.91 Å². The Morgan fingerprint density at radius 2 is 1.66 bits per heavy atom. The molecule has 0 radical (unpaired) electrons. The van der Waals surface area contributed by atoms with Crippen LogP contribution in [0, 0.1) is 12.8 Å². The second kappa shape index (κ2) is 12.0. The molecule has 14 heteroatoms. The molecule has 47 heavy (non-hydrogen) atoms. The number of hydrogen-bond acceptors (Lipinski definition) is 9. The molecular weight excluding hydrogens is 602 g/mol. The number of piperidine rings is 1. The minimum absolute atomic E-state index is 0.0373. The van der Waals surface area contributed by atoms with Gasteiger partial charge < -0.3 is 20.9 Å². The van der Waals surface area contributed by atoms with Crippen molar-refractivity contribution in [1.82, 2.24) is 33.8 Å². The van der Waals surface area contributed by atoms with Crippen LogP contribution in [-0.4, -0.2) is 58.7 Å². The number of nitrogens with two attached hydrogens (primary N) is 2. The average molecular weight is 640 g/mol. The van der Waals surface area contributed by atoms with Crippen LogP contribution < -0.4 is 22.7 Å². The Morgan fingerprint density at radius 3 is 2.23 bits per heavy atom. The fraction of sp³-hybridized carbons (Fsp3) is 0.364. The number of benzene rings is 1. The number of aryl methyl sites for hydroxylation is 1. The Bertz CT molecular complexity index is 2130. The number of nitrogen functional groups attached to an aromatic ring is 1. The first-order valence-electron chi connectivity index (χ1n) is 15.6. The van der Waals surface area contributed by atoms with Crippen molar-refractivity contribution in [2.75, 3.05) is 18.8 Å². The van der Waals surface area contributed by atoms with E-state index in [1.165, 1.54) is 17.0 Å². The van der Waals surface area contributed by atoms with Crippen molar-refractivity contribution in [3.63, 3.8) is 0 Å². The summed E-state index contributed by atoms with van der Waals surface area (Å²) in [5.41, 5.74) is 14.0. The van der Waals surface area contributed by atoms with E-state index in [9.17, 15) is 19.2 Å². The lowest BCUT2D eigenvalue weighted by molar-refractivity contribution is -0.135. The third kappa shape index (κ3) is 5.38. The minimum atomic E-state index is -0.980. The van der Waals surface area contributed by atoms with Crippen molar-refractivity contribution >= 4 is 23.1 Å². The number of nitrogens with zero attached hydrogens (tertiary/aromatic N) is 7. The van der Waals surface area contributed by atoms with Gasteiger partial charge in [0.15, 0.2) is 11.6 Å². The average Bonchev–Trinajstić information content (AvgIpc) is 3.64. The summed E-state index contributed by atoms with van der Waals surface area (Å²) in [5.74, 6) is -0.0534. The third-order valence-electron chi connectivity index (χ3n) is 8.70. The molecule has 0 bridgehead atoms. The van der Waals surface area contributed by atoms with Gasteiger partial charge in [-0.3, -0.25) is 19.0 Å². The molecule has 6 rings (SSSR count). The first-order chi connectivity index (χ1) is 22.4. The van der Waals surface area contributed by atoms with Crippen molar-refractivity contribution in [3.05, 3.63) is 80.6 Å². The number of anilines is 1. The van der Waals surface area contributed by atoms with Gasteiger partial charge in [-0.2, -0.15) is 5.10 Å². The highest BCUT2D eigenvalue weighted by Crippen LogP contribution is 2.37. The molecule has 2 amide bonds. The fourth-order valence-electron chi connectivity index (χ4n) is 6.44. The van der Waals surface area contributed by atoms with Gasteiger partial charge >= 0.3 is 5.69 Å². The number of aromatic nitrogens is 6. The van der Waals surface area contributed by atoms with Crippen molar-refractivity contribution in [2.24, 2.45) is 11.7 Å². The molecule has 0 unspecified atom stereocenters. The number of carbonyl (C=O) groups is 2. The van der Waals surface area contributed by atoms with E-state index in [4.69, 9.17) is 16.0 Å². The van der Waals surface area contributed by atoms with E-state index in [0.717, 1.165) is 34.2 Å². The maximum atomic E-state index is 13.8. The highest BCUT2D eigenvalue weighted by molar-refractivity contribution is 5.99. The third-order valence-corrected chi connectivity index (χ3v) is 8.70. The topological polar surface area (TPSA) is 190 Å². The van der Waals surface area contributed by atoms with Gasteiger partial charge in [0.25, 0.3) is 11.5 Å². The summed E-state index contributed by atoms with van der Waals surface area (Å²) in [6.07, 6.45) is 3.00. The number of fused-ring (bicyclic) bond motifs is 1. The first kappa shape index (κ1) is 31.5. The standard InChI is InChI=1S/C33H37N9O5/c1-17(2)31(44)39-12-10-21(11-13-39)24-15-23(28-29(34)36-16-37-42(24)28)20-6-8-22(9-7-20)27-26(30(35)43)32(45)41(25-14-19(5)47-38-25)33(46)40(27)18(3)4/h6-9,14-18,21H,10-13H2,1-5H3,(H2,35,43)(H2,34,36,37). The Labute approximate surface area is 269 Å².